The third-order valence-corrected chi connectivity index (χ3v) is 7.16. The van der Waals surface area contributed by atoms with E-state index in [9.17, 15) is 31.9 Å². The first-order chi connectivity index (χ1) is 19.0. The SMILES string of the molecule is COc1cc(OC)cc(-c2nn(-c3cc(N4CCC(F)(F)C4)ccc3C(F)(F)F)c(=O)c3c2CCN3CCO)c1. The molecule has 40 heavy (non-hydrogen) atoms. The molecule has 3 aromatic rings. The van der Waals surface area contributed by atoms with Gasteiger partial charge in [0.25, 0.3) is 11.5 Å². The summed E-state index contributed by atoms with van der Waals surface area (Å²) in [6, 6.07) is 7.85. The minimum atomic E-state index is -4.87. The van der Waals surface area contributed by atoms with E-state index in [0.29, 0.717) is 40.3 Å². The highest BCUT2D eigenvalue weighted by Crippen LogP contribution is 2.40. The van der Waals surface area contributed by atoms with Crippen molar-refractivity contribution in [3.05, 3.63) is 57.9 Å². The lowest BCUT2D eigenvalue weighted by molar-refractivity contribution is -0.137. The molecule has 2 aromatic carbocycles. The third-order valence-electron chi connectivity index (χ3n) is 7.16. The fourth-order valence-corrected chi connectivity index (χ4v) is 5.24. The number of methoxy groups -OCH3 is 2. The number of β-amino-alcohol motifs (C(OH)–C–C–N with tert-alkyl or cyclic N) is 1. The molecule has 3 heterocycles. The normalized spacial score (nSPS) is 16.4. The Kier molecular flexibility index (Phi) is 7.11. The molecular weight excluding hydrogens is 539 g/mol. The zero-order valence-corrected chi connectivity index (χ0v) is 21.8. The fourth-order valence-electron chi connectivity index (χ4n) is 5.24. The number of nitrogens with zero attached hydrogens (tertiary/aromatic N) is 4. The molecule has 1 fully saturated rings. The number of alkyl halides is 5. The standard InChI is InChI=1S/C27H27F5N4O4/c1-39-18-11-16(12-19(14-18)40-2)23-20-5-7-34(9-10-37)24(20)25(38)36(33-23)22-13-17(3-4-21(22)27(30,31)32)35-8-6-26(28,29)15-35/h3-4,11-14,37H,5-10,15H2,1-2H3. The lowest BCUT2D eigenvalue weighted by atomic mass is 10.0. The van der Waals surface area contributed by atoms with Gasteiger partial charge in [-0.05, 0) is 36.8 Å². The van der Waals surface area contributed by atoms with Crippen LogP contribution in [-0.2, 0) is 12.6 Å². The average molecular weight is 567 g/mol. The molecule has 1 N–H and O–H groups in total. The highest BCUT2D eigenvalue weighted by Gasteiger charge is 2.40. The van der Waals surface area contributed by atoms with Crippen molar-refractivity contribution >= 4 is 11.4 Å². The molecule has 0 aliphatic carbocycles. The second-order valence-corrected chi connectivity index (χ2v) is 9.68. The molecule has 0 bridgehead atoms. The Morgan fingerprint density at radius 1 is 1.05 bits per heavy atom. The minimum absolute atomic E-state index is 0.0521. The summed E-state index contributed by atoms with van der Waals surface area (Å²) in [4.78, 5) is 16.7. The molecule has 8 nitrogen and oxygen atoms in total. The maximum absolute atomic E-state index is 14.2. The number of aromatic nitrogens is 2. The van der Waals surface area contributed by atoms with E-state index in [1.54, 1.807) is 23.1 Å². The van der Waals surface area contributed by atoms with Gasteiger partial charge in [-0.25, -0.2) is 8.78 Å². The number of anilines is 2. The van der Waals surface area contributed by atoms with E-state index in [1.165, 1.54) is 19.1 Å². The van der Waals surface area contributed by atoms with E-state index in [0.717, 1.165) is 18.2 Å². The molecule has 13 heteroatoms. The number of hydrogen-bond donors (Lipinski definition) is 1. The molecule has 0 radical (unpaired) electrons. The van der Waals surface area contributed by atoms with Crippen LogP contribution in [0, 0.1) is 0 Å². The Labute approximate surface area is 226 Å². The van der Waals surface area contributed by atoms with Crippen molar-refractivity contribution in [3.63, 3.8) is 0 Å². The van der Waals surface area contributed by atoms with Crippen molar-refractivity contribution in [1.82, 2.24) is 9.78 Å². The third kappa shape index (κ3) is 5.05. The zero-order chi connectivity index (χ0) is 28.8. The maximum Gasteiger partial charge on any atom is 0.418 e. The van der Waals surface area contributed by atoms with Crippen LogP contribution in [0.2, 0.25) is 0 Å². The van der Waals surface area contributed by atoms with Gasteiger partial charge in [-0.1, -0.05) is 0 Å². The molecule has 0 amide bonds. The molecule has 1 aromatic heterocycles. The van der Waals surface area contributed by atoms with Crippen LogP contribution in [0.4, 0.5) is 33.3 Å². The number of rotatable bonds is 7. The number of benzene rings is 2. The van der Waals surface area contributed by atoms with Gasteiger partial charge in [0, 0.05) is 48.9 Å². The number of aliphatic hydroxyl groups excluding tert-OH is 1. The summed E-state index contributed by atoms with van der Waals surface area (Å²) >= 11 is 0. The summed E-state index contributed by atoms with van der Waals surface area (Å²) in [5.41, 5.74) is -1.12. The van der Waals surface area contributed by atoms with Crippen molar-refractivity contribution in [1.29, 1.82) is 0 Å². The van der Waals surface area contributed by atoms with E-state index in [4.69, 9.17) is 9.47 Å². The Hall–Kier alpha value is -3.87. The summed E-state index contributed by atoms with van der Waals surface area (Å²) in [6.07, 6.45) is -4.94. The van der Waals surface area contributed by atoms with Crippen molar-refractivity contribution in [2.75, 3.05) is 56.8 Å². The van der Waals surface area contributed by atoms with Crippen LogP contribution >= 0.6 is 0 Å². The van der Waals surface area contributed by atoms with Crippen LogP contribution in [-0.4, -0.2) is 67.8 Å². The molecule has 1 saturated heterocycles. The predicted octanol–water partition coefficient (Wildman–Crippen LogP) is 4.14. The highest BCUT2D eigenvalue weighted by atomic mass is 19.4. The molecule has 5 rings (SSSR count). The summed E-state index contributed by atoms with van der Waals surface area (Å²) < 4.78 is 82.0. The van der Waals surface area contributed by atoms with E-state index < -0.39 is 41.9 Å². The molecule has 0 saturated carbocycles. The first-order valence-electron chi connectivity index (χ1n) is 12.6. The van der Waals surface area contributed by atoms with Gasteiger partial charge in [0.05, 0.1) is 44.3 Å². The molecule has 0 atom stereocenters. The number of ether oxygens (including phenoxy) is 2. The van der Waals surface area contributed by atoms with Crippen LogP contribution in [0.1, 0.15) is 17.5 Å². The van der Waals surface area contributed by atoms with Crippen molar-refractivity contribution < 1.29 is 36.5 Å². The van der Waals surface area contributed by atoms with Gasteiger partial charge in [0.1, 0.15) is 17.2 Å². The van der Waals surface area contributed by atoms with Gasteiger partial charge < -0.3 is 24.4 Å². The molecule has 0 spiro atoms. The number of halogens is 5. The summed E-state index contributed by atoms with van der Waals surface area (Å²) in [5.74, 6) is -2.17. The summed E-state index contributed by atoms with van der Waals surface area (Å²) in [7, 11) is 2.90. The molecule has 2 aliphatic rings. The Morgan fingerprint density at radius 2 is 1.75 bits per heavy atom. The van der Waals surface area contributed by atoms with Crippen LogP contribution < -0.4 is 24.8 Å². The second kappa shape index (κ2) is 10.3. The zero-order valence-electron chi connectivity index (χ0n) is 21.8. The Balaban J connectivity index is 1.78. The minimum Gasteiger partial charge on any atom is -0.497 e. The molecule has 214 valence electrons. The Bertz CT molecular complexity index is 1470. The first kappa shape index (κ1) is 27.7. The highest BCUT2D eigenvalue weighted by molar-refractivity contribution is 5.75. The number of aliphatic hydroxyl groups is 1. The Morgan fingerprint density at radius 3 is 2.33 bits per heavy atom. The van der Waals surface area contributed by atoms with Gasteiger partial charge in [0.15, 0.2) is 0 Å². The van der Waals surface area contributed by atoms with Crippen LogP contribution in [0.25, 0.3) is 16.9 Å². The van der Waals surface area contributed by atoms with E-state index in [1.807, 2.05) is 0 Å². The molecule has 2 aliphatic heterocycles. The summed E-state index contributed by atoms with van der Waals surface area (Å²) in [5, 5.41) is 14.0. The smallest absolute Gasteiger partial charge is 0.418 e. The average Bonchev–Trinajstić information content (AvgIpc) is 3.51. The lowest BCUT2D eigenvalue weighted by Gasteiger charge is -2.23. The van der Waals surface area contributed by atoms with Crippen LogP contribution in [0.3, 0.4) is 0 Å². The van der Waals surface area contributed by atoms with E-state index >= 15 is 0 Å². The van der Waals surface area contributed by atoms with Gasteiger partial charge in [0.2, 0.25) is 0 Å². The largest absolute Gasteiger partial charge is 0.497 e. The van der Waals surface area contributed by atoms with Crippen molar-refractivity contribution in [2.45, 2.75) is 24.9 Å². The van der Waals surface area contributed by atoms with Crippen LogP contribution in [0.15, 0.2) is 41.2 Å². The lowest BCUT2D eigenvalue weighted by Crippen LogP contribution is -2.33. The first-order valence-corrected chi connectivity index (χ1v) is 12.6. The van der Waals surface area contributed by atoms with Gasteiger partial charge >= 0.3 is 6.18 Å². The van der Waals surface area contributed by atoms with Gasteiger partial charge in [-0.15, -0.1) is 0 Å². The molecule has 0 unspecified atom stereocenters. The maximum atomic E-state index is 14.2. The number of hydrogen-bond acceptors (Lipinski definition) is 7. The monoisotopic (exact) mass is 566 g/mol. The predicted molar refractivity (Wildman–Crippen MR) is 138 cm³/mol. The van der Waals surface area contributed by atoms with Gasteiger partial charge in [-0.2, -0.15) is 23.0 Å². The fraction of sp³-hybridized carbons (Fsp3) is 0.407. The second-order valence-electron chi connectivity index (χ2n) is 9.68. The van der Waals surface area contributed by atoms with E-state index in [2.05, 4.69) is 5.10 Å². The van der Waals surface area contributed by atoms with Gasteiger partial charge in [-0.3, -0.25) is 4.79 Å². The van der Waals surface area contributed by atoms with Crippen molar-refractivity contribution in [2.24, 2.45) is 0 Å². The quantitative estimate of drug-likeness (QED) is 0.431. The topological polar surface area (TPSA) is 80.1 Å². The van der Waals surface area contributed by atoms with Crippen molar-refractivity contribution in [3.8, 4) is 28.4 Å². The van der Waals surface area contributed by atoms with Crippen LogP contribution in [0.5, 0.6) is 11.5 Å². The van der Waals surface area contributed by atoms with E-state index in [-0.39, 0.29) is 36.8 Å². The molecular formula is C27H27F5N4O4. The number of fused-ring (bicyclic) bond motifs is 1. The summed E-state index contributed by atoms with van der Waals surface area (Å²) in [6.45, 7) is -0.551.